The Kier molecular flexibility index (Phi) is 11.7. The normalized spacial score (nSPS) is 11.8. The minimum absolute atomic E-state index is 0.00259. The van der Waals surface area contributed by atoms with Crippen LogP contribution in [0.1, 0.15) is 12.0 Å². The number of aliphatic hydroxyl groups excluding tert-OH is 2. The number of aromatic nitrogens is 1. The molecule has 0 bridgehead atoms. The van der Waals surface area contributed by atoms with Crippen molar-refractivity contribution < 1.29 is 28.9 Å². The van der Waals surface area contributed by atoms with Gasteiger partial charge in [-0.15, -0.1) is 0 Å². The number of urea groups is 1. The Hall–Kier alpha value is -3.51. The van der Waals surface area contributed by atoms with Crippen molar-refractivity contribution in [1.82, 2.24) is 20.1 Å². The summed E-state index contributed by atoms with van der Waals surface area (Å²) in [5.74, 6) is -0.256. The molecule has 1 heterocycles. The van der Waals surface area contributed by atoms with Crippen molar-refractivity contribution in [3.63, 3.8) is 0 Å². The number of aliphatic hydroxyl groups is 2. The lowest BCUT2D eigenvalue weighted by molar-refractivity contribution is 0.101. The van der Waals surface area contributed by atoms with E-state index in [1.807, 2.05) is 29.2 Å². The predicted octanol–water partition coefficient (Wildman–Crippen LogP) is 3.46. The number of amides is 3. The van der Waals surface area contributed by atoms with Crippen LogP contribution in [0.4, 0.5) is 19.8 Å². The lowest BCUT2D eigenvalue weighted by atomic mass is 10.2. The third-order valence-electron chi connectivity index (χ3n) is 6.21. The van der Waals surface area contributed by atoms with Crippen molar-refractivity contribution in [2.75, 3.05) is 51.8 Å². The van der Waals surface area contributed by atoms with Crippen molar-refractivity contribution in [3.8, 4) is 0 Å². The summed E-state index contributed by atoms with van der Waals surface area (Å²) in [6, 6.07) is 12.6. The summed E-state index contributed by atoms with van der Waals surface area (Å²) in [7, 11) is 1.56. The number of hydrogen-bond acceptors (Lipinski definition) is 7. The number of carbonyl (C=O) groups excluding carboxylic acids is 2. The Morgan fingerprint density at radius 2 is 1.79 bits per heavy atom. The van der Waals surface area contributed by atoms with Crippen molar-refractivity contribution in [2.24, 2.45) is 0 Å². The molecule has 0 saturated carbocycles. The van der Waals surface area contributed by atoms with Crippen LogP contribution >= 0.6 is 11.6 Å². The van der Waals surface area contributed by atoms with Crippen molar-refractivity contribution in [1.29, 1.82) is 0 Å². The maximum Gasteiger partial charge on any atom is 0.412 e. The summed E-state index contributed by atoms with van der Waals surface area (Å²) in [5, 5.41) is 25.7. The minimum Gasteiger partial charge on any atom is -0.447 e. The molecule has 2 aromatic carbocycles. The zero-order valence-corrected chi connectivity index (χ0v) is 22.4. The number of anilines is 1. The number of carbonyl (C=O) groups is 2. The zero-order valence-electron chi connectivity index (χ0n) is 21.6. The quantitative estimate of drug-likeness (QED) is 0.252. The molecule has 210 valence electrons. The van der Waals surface area contributed by atoms with Gasteiger partial charge in [0.2, 0.25) is 0 Å². The predicted molar refractivity (Wildman–Crippen MR) is 147 cm³/mol. The Bertz CT molecular complexity index is 1240. The number of hydrogen-bond donors (Lipinski definition) is 4. The van der Waals surface area contributed by atoms with Crippen LogP contribution in [0.15, 0.2) is 54.7 Å². The molecule has 0 fully saturated rings. The Balaban J connectivity index is 1.63. The molecule has 39 heavy (non-hydrogen) atoms. The smallest absolute Gasteiger partial charge is 0.412 e. The van der Waals surface area contributed by atoms with E-state index in [0.29, 0.717) is 37.4 Å². The van der Waals surface area contributed by atoms with Crippen molar-refractivity contribution in [2.45, 2.75) is 19.0 Å². The number of halogens is 2. The third kappa shape index (κ3) is 9.03. The lowest BCUT2D eigenvalue weighted by Crippen LogP contribution is -2.47. The van der Waals surface area contributed by atoms with Crippen LogP contribution in [0.3, 0.4) is 0 Å². The first-order valence-corrected chi connectivity index (χ1v) is 12.9. The lowest BCUT2D eigenvalue weighted by Gasteiger charge is -2.30. The van der Waals surface area contributed by atoms with Crippen LogP contribution in [-0.2, 0) is 11.3 Å². The van der Waals surface area contributed by atoms with Crippen LogP contribution in [0.2, 0.25) is 5.02 Å². The van der Waals surface area contributed by atoms with Gasteiger partial charge in [0.05, 0.1) is 24.3 Å². The van der Waals surface area contributed by atoms with E-state index in [0.717, 1.165) is 10.8 Å². The van der Waals surface area contributed by atoms with E-state index < -0.39 is 24.0 Å². The Labute approximate surface area is 231 Å². The second-order valence-corrected chi connectivity index (χ2v) is 9.23. The van der Waals surface area contributed by atoms with Crippen LogP contribution in [0.25, 0.3) is 10.8 Å². The van der Waals surface area contributed by atoms with E-state index in [-0.39, 0.29) is 31.4 Å². The highest BCUT2D eigenvalue weighted by atomic mass is 35.5. The number of pyridine rings is 1. The van der Waals surface area contributed by atoms with Gasteiger partial charge < -0.3 is 25.2 Å². The van der Waals surface area contributed by atoms with Gasteiger partial charge in [0, 0.05) is 44.8 Å². The third-order valence-corrected chi connectivity index (χ3v) is 6.63. The van der Waals surface area contributed by atoms with E-state index in [9.17, 15) is 24.2 Å². The first kappa shape index (κ1) is 30.0. The Morgan fingerprint density at radius 3 is 2.51 bits per heavy atom. The van der Waals surface area contributed by atoms with Crippen LogP contribution in [0.5, 0.6) is 0 Å². The molecule has 1 atom stereocenters. The molecule has 3 rings (SSSR count). The fraction of sp³-hybridized carbons (Fsp3) is 0.370. The molecule has 0 aliphatic heterocycles. The highest BCUT2D eigenvalue weighted by Gasteiger charge is 2.23. The fourth-order valence-corrected chi connectivity index (χ4v) is 4.14. The maximum atomic E-state index is 13.7. The highest BCUT2D eigenvalue weighted by Crippen LogP contribution is 2.20. The number of nitrogens with zero attached hydrogens (tertiary/aromatic N) is 3. The molecule has 0 aliphatic rings. The van der Waals surface area contributed by atoms with Gasteiger partial charge in [-0.1, -0.05) is 48.0 Å². The van der Waals surface area contributed by atoms with Crippen LogP contribution < -0.4 is 10.6 Å². The largest absolute Gasteiger partial charge is 0.447 e. The van der Waals surface area contributed by atoms with E-state index in [4.69, 9.17) is 16.3 Å². The summed E-state index contributed by atoms with van der Waals surface area (Å²) in [6.07, 6.45) is 1.30. The summed E-state index contributed by atoms with van der Waals surface area (Å²) in [6.45, 7) is 0.807. The molecule has 3 aromatic rings. The number of rotatable bonds is 13. The molecule has 10 nitrogen and oxygen atoms in total. The molecule has 4 N–H and O–H groups in total. The second-order valence-electron chi connectivity index (χ2n) is 8.85. The van der Waals surface area contributed by atoms with Gasteiger partial charge in [0.25, 0.3) is 0 Å². The fourth-order valence-electron chi connectivity index (χ4n) is 3.95. The number of likely N-dealkylation sites (N-methyl/N-ethyl adjacent to an activating group) is 1. The molecule has 3 amide bonds. The summed E-state index contributed by atoms with van der Waals surface area (Å²) in [5.41, 5.74) is 0.422. The van der Waals surface area contributed by atoms with Gasteiger partial charge in [-0.2, -0.15) is 0 Å². The van der Waals surface area contributed by atoms with Crippen molar-refractivity contribution in [3.05, 3.63) is 71.1 Å². The number of fused-ring (bicyclic) bond motifs is 1. The second kappa shape index (κ2) is 15.2. The Morgan fingerprint density at radius 1 is 1.08 bits per heavy atom. The first-order chi connectivity index (χ1) is 18.8. The van der Waals surface area contributed by atoms with E-state index >= 15 is 0 Å². The molecule has 0 aliphatic carbocycles. The average Bonchev–Trinajstić information content (AvgIpc) is 2.93. The number of benzene rings is 2. The summed E-state index contributed by atoms with van der Waals surface area (Å²) >= 11 is 5.99. The molecule has 12 heteroatoms. The van der Waals surface area contributed by atoms with Gasteiger partial charge in [-0.05, 0) is 29.5 Å². The monoisotopic (exact) mass is 561 g/mol. The SMILES string of the molecule is CN(C(=O)NCc1cccc(F)c1Cl)[C@@H](CCN(CCO)CCO)COC(=O)Nc1cc2ccccc2cn1. The maximum absolute atomic E-state index is 13.7. The summed E-state index contributed by atoms with van der Waals surface area (Å²) < 4.78 is 19.2. The summed E-state index contributed by atoms with van der Waals surface area (Å²) in [4.78, 5) is 32.9. The van der Waals surface area contributed by atoms with Crippen LogP contribution in [0, 0.1) is 5.82 Å². The van der Waals surface area contributed by atoms with Crippen molar-refractivity contribution >= 4 is 40.3 Å². The van der Waals surface area contributed by atoms with Gasteiger partial charge in [0.1, 0.15) is 18.2 Å². The molecule has 0 saturated heterocycles. The molecule has 1 aromatic heterocycles. The van der Waals surface area contributed by atoms with E-state index in [1.54, 1.807) is 25.4 Å². The molecule has 0 unspecified atom stereocenters. The van der Waals surface area contributed by atoms with Gasteiger partial charge in [-0.3, -0.25) is 10.2 Å². The average molecular weight is 562 g/mol. The van der Waals surface area contributed by atoms with Gasteiger partial charge >= 0.3 is 12.1 Å². The highest BCUT2D eigenvalue weighted by molar-refractivity contribution is 6.31. The molecule has 0 spiro atoms. The molecular weight excluding hydrogens is 529 g/mol. The molecular formula is C27H33ClFN5O5. The first-order valence-electron chi connectivity index (χ1n) is 12.5. The number of nitrogens with one attached hydrogen (secondary N) is 2. The van der Waals surface area contributed by atoms with E-state index in [1.165, 1.54) is 17.0 Å². The van der Waals surface area contributed by atoms with E-state index in [2.05, 4.69) is 15.6 Å². The topological polar surface area (TPSA) is 127 Å². The van der Waals surface area contributed by atoms with Gasteiger partial charge in [-0.25, -0.2) is 19.0 Å². The number of ether oxygens (including phenoxy) is 1. The zero-order chi connectivity index (χ0) is 28.2. The minimum atomic E-state index is -0.731. The standard InChI is InChI=1S/C27H33ClFN5O5/c1-33(26(37)31-17-21-7-4-8-23(29)25(21)28)22(9-10-34(11-13-35)12-14-36)18-39-27(38)32-24-15-19-5-2-3-6-20(19)16-30-24/h2-8,15-16,22,35-36H,9-14,17-18H2,1H3,(H,31,37)(H,30,32,38)/t22-/m0/s1. The van der Waals surface area contributed by atoms with Crippen LogP contribution in [-0.4, -0.2) is 89.7 Å². The molecule has 0 radical (unpaired) electrons. The van der Waals surface area contributed by atoms with Gasteiger partial charge in [0.15, 0.2) is 0 Å².